The number of thiophene rings is 1. The minimum absolute atomic E-state index is 0.0938. The summed E-state index contributed by atoms with van der Waals surface area (Å²) < 4.78 is 0. The summed E-state index contributed by atoms with van der Waals surface area (Å²) in [7, 11) is 0. The number of nitrogens with one attached hydrogen (secondary N) is 1. The molecule has 112 valence electrons. The Balaban J connectivity index is 2.35. The zero-order valence-corrected chi connectivity index (χ0v) is 12.8. The third-order valence-corrected chi connectivity index (χ3v) is 3.75. The van der Waals surface area contributed by atoms with Crippen LogP contribution in [0.4, 0.5) is 4.79 Å². The molecular formula is C14H22N2O3S. The molecule has 1 rings (SSSR count). The Hall–Kier alpha value is -1.56. The van der Waals surface area contributed by atoms with E-state index in [0.717, 1.165) is 4.88 Å². The summed E-state index contributed by atoms with van der Waals surface area (Å²) >= 11 is 1.63. The third kappa shape index (κ3) is 6.06. The fourth-order valence-corrected chi connectivity index (χ4v) is 2.46. The standard InChI is InChI=1S/C14H22N2O3S/c1-11(2)16(10-12-6-5-9-20-12)14(19)15-8-4-3-7-13(17)18/h5-6,9,11H,3-4,7-8,10H2,1-2H3,(H,15,19)(H,17,18). The van der Waals surface area contributed by atoms with Crippen molar-refractivity contribution in [2.45, 2.75) is 45.7 Å². The van der Waals surface area contributed by atoms with Crippen LogP contribution in [0.1, 0.15) is 38.0 Å². The number of nitrogens with zero attached hydrogens (tertiary/aromatic N) is 1. The zero-order chi connectivity index (χ0) is 15.0. The quantitative estimate of drug-likeness (QED) is 0.725. The maximum Gasteiger partial charge on any atom is 0.317 e. The highest BCUT2D eigenvalue weighted by molar-refractivity contribution is 7.09. The first-order valence-corrected chi connectivity index (χ1v) is 7.67. The van der Waals surface area contributed by atoms with Crippen molar-refractivity contribution < 1.29 is 14.7 Å². The number of carboxylic acids is 1. The molecule has 2 amide bonds. The first-order chi connectivity index (χ1) is 9.50. The lowest BCUT2D eigenvalue weighted by Crippen LogP contribution is -2.43. The van der Waals surface area contributed by atoms with Crippen LogP contribution in [0.15, 0.2) is 17.5 Å². The van der Waals surface area contributed by atoms with E-state index in [2.05, 4.69) is 5.32 Å². The maximum atomic E-state index is 12.1. The van der Waals surface area contributed by atoms with Gasteiger partial charge in [0.1, 0.15) is 0 Å². The second-order valence-electron chi connectivity index (χ2n) is 4.88. The van der Waals surface area contributed by atoms with Gasteiger partial charge in [0.2, 0.25) is 0 Å². The molecule has 0 aliphatic heterocycles. The van der Waals surface area contributed by atoms with Gasteiger partial charge in [0, 0.05) is 23.9 Å². The highest BCUT2D eigenvalue weighted by Gasteiger charge is 2.17. The number of urea groups is 1. The molecule has 0 bridgehead atoms. The largest absolute Gasteiger partial charge is 0.481 e. The number of carboxylic acid groups (broad SMARTS) is 1. The summed E-state index contributed by atoms with van der Waals surface area (Å²) in [5, 5.41) is 13.4. The van der Waals surface area contributed by atoms with Crippen molar-refractivity contribution in [3.8, 4) is 0 Å². The molecule has 0 aliphatic rings. The van der Waals surface area contributed by atoms with Gasteiger partial charge in [0.15, 0.2) is 0 Å². The van der Waals surface area contributed by atoms with Crippen LogP contribution in [0.3, 0.4) is 0 Å². The topological polar surface area (TPSA) is 69.6 Å². The van der Waals surface area contributed by atoms with E-state index < -0.39 is 5.97 Å². The number of amides is 2. The average molecular weight is 298 g/mol. The van der Waals surface area contributed by atoms with Crippen LogP contribution >= 0.6 is 11.3 Å². The lowest BCUT2D eigenvalue weighted by atomic mass is 10.2. The number of carbonyl (C=O) groups excluding carboxylic acids is 1. The minimum atomic E-state index is -0.794. The van der Waals surface area contributed by atoms with Gasteiger partial charge in [-0.05, 0) is 38.1 Å². The summed E-state index contributed by atoms with van der Waals surface area (Å²) in [6, 6.07) is 4.02. The van der Waals surface area contributed by atoms with E-state index in [9.17, 15) is 9.59 Å². The molecule has 20 heavy (non-hydrogen) atoms. The third-order valence-electron chi connectivity index (χ3n) is 2.88. The van der Waals surface area contributed by atoms with Crippen LogP contribution in [-0.4, -0.2) is 34.6 Å². The second-order valence-corrected chi connectivity index (χ2v) is 5.92. The highest BCUT2D eigenvalue weighted by atomic mass is 32.1. The molecule has 0 radical (unpaired) electrons. The number of hydrogen-bond donors (Lipinski definition) is 2. The molecule has 5 nitrogen and oxygen atoms in total. The van der Waals surface area contributed by atoms with Crippen LogP contribution in [-0.2, 0) is 11.3 Å². The molecule has 1 aromatic heterocycles. The summed E-state index contributed by atoms with van der Waals surface area (Å²) in [4.78, 5) is 25.4. The Morgan fingerprint density at radius 1 is 1.40 bits per heavy atom. The van der Waals surface area contributed by atoms with E-state index in [1.54, 1.807) is 16.2 Å². The molecule has 6 heteroatoms. The van der Waals surface area contributed by atoms with Gasteiger partial charge in [-0.1, -0.05) is 6.07 Å². The Labute approximate surface area is 123 Å². The van der Waals surface area contributed by atoms with Gasteiger partial charge in [-0.25, -0.2) is 4.79 Å². The van der Waals surface area contributed by atoms with E-state index in [1.807, 2.05) is 31.4 Å². The van der Waals surface area contributed by atoms with E-state index in [0.29, 0.717) is 25.9 Å². The van der Waals surface area contributed by atoms with Crippen molar-refractivity contribution in [1.29, 1.82) is 0 Å². The molecule has 0 aromatic carbocycles. The number of hydrogen-bond acceptors (Lipinski definition) is 3. The molecule has 2 N–H and O–H groups in total. The van der Waals surface area contributed by atoms with Crippen molar-refractivity contribution in [2.75, 3.05) is 6.54 Å². The van der Waals surface area contributed by atoms with Crippen molar-refractivity contribution in [2.24, 2.45) is 0 Å². The van der Waals surface area contributed by atoms with Crippen LogP contribution in [0.25, 0.3) is 0 Å². The van der Waals surface area contributed by atoms with Gasteiger partial charge in [0.25, 0.3) is 0 Å². The second kappa shape index (κ2) is 8.58. The van der Waals surface area contributed by atoms with Gasteiger partial charge < -0.3 is 15.3 Å². The summed E-state index contributed by atoms with van der Waals surface area (Å²) in [6.07, 6.45) is 1.42. The molecule has 0 aliphatic carbocycles. The molecule has 1 heterocycles. The number of unbranched alkanes of at least 4 members (excludes halogenated alkanes) is 1. The molecule has 0 unspecified atom stereocenters. The van der Waals surface area contributed by atoms with E-state index in [1.165, 1.54) is 0 Å². The van der Waals surface area contributed by atoms with Gasteiger partial charge in [-0.2, -0.15) is 0 Å². The zero-order valence-electron chi connectivity index (χ0n) is 12.0. The Morgan fingerprint density at radius 2 is 2.15 bits per heavy atom. The monoisotopic (exact) mass is 298 g/mol. The normalized spacial score (nSPS) is 10.6. The van der Waals surface area contributed by atoms with E-state index in [4.69, 9.17) is 5.11 Å². The van der Waals surface area contributed by atoms with Gasteiger partial charge in [-0.15, -0.1) is 11.3 Å². The lowest BCUT2D eigenvalue weighted by molar-refractivity contribution is -0.137. The minimum Gasteiger partial charge on any atom is -0.481 e. The fraction of sp³-hybridized carbons (Fsp3) is 0.571. The molecule has 0 fully saturated rings. The molecular weight excluding hydrogens is 276 g/mol. The number of aliphatic carboxylic acids is 1. The molecule has 0 saturated carbocycles. The van der Waals surface area contributed by atoms with Gasteiger partial charge in [0.05, 0.1) is 6.54 Å². The van der Waals surface area contributed by atoms with Crippen LogP contribution in [0.2, 0.25) is 0 Å². The summed E-state index contributed by atoms with van der Waals surface area (Å²) in [5.41, 5.74) is 0. The van der Waals surface area contributed by atoms with Gasteiger partial charge >= 0.3 is 12.0 Å². The van der Waals surface area contributed by atoms with Crippen LogP contribution in [0.5, 0.6) is 0 Å². The van der Waals surface area contributed by atoms with E-state index >= 15 is 0 Å². The Morgan fingerprint density at radius 3 is 2.70 bits per heavy atom. The summed E-state index contributed by atoms with van der Waals surface area (Å²) in [5.74, 6) is -0.794. The molecule has 1 aromatic rings. The predicted octanol–water partition coefficient (Wildman–Crippen LogP) is 2.92. The van der Waals surface area contributed by atoms with Gasteiger partial charge in [-0.3, -0.25) is 4.79 Å². The molecule has 0 saturated heterocycles. The predicted molar refractivity (Wildman–Crippen MR) is 79.9 cm³/mol. The smallest absolute Gasteiger partial charge is 0.317 e. The average Bonchev–Trinajstić information content (AvgIpc) is 2.87. The molecule has 0 atom stereocenters. The Kier molecular flexibility index (Phi) is 7.08. The first-order valence-electron chi connectivity index (χ1n) is 6.79. The fourth-order valence-electron chi connectivity index (χ4n) is 1.76. The number of carbonyl (C=O) groups is 2. The number of rotatable bonds is 8. The SMILES string of the molecule is CC(C)N(Cc1cccs1)C(=O)NCCCCC(=O)O. The van der Waals surface area contributed by atoms with Crippen molar-refractivity contribution in [1.82, 2.24) is 10.2 Å². The van der Waals surface area contributed by atoms with Crippen molar-refractivity contribution in [3.63, 3.8) is 0 Å². The molecule has 0 spiro atoms. The Bertz CT molecular complexity index is 418. The highest BCUT2D eigenvalue weighted by Crippen LogP contribution is 2.14. The van der Waals surface area contributed by atoms with Crippen molar-refractivity contribution >= 4 is 23.3 Å². The lowest BCUT2D eigenvalue weighted by Gasteiger charge is -2.26. The summed E-state index contributed by atoms with van der Waals surface area (Å²) in [6.45, 7) is 5.09. The van der Waals surface area contributed by atoms with Crippen molar-refractivity contribution in [3.05, 3.63) is 22.4 Å². The van der Waals surface area contributed by atoms with Crippen LogP contribution in [0, 0.1) is 0 Å². The maximum absolute atomic E-state index is 12.1. The van der Waals surface area contributed by atoms with Crippen LogP contribution < -0.4 is 5.32 Å². The first kappa shape index (κ1) is 16.5. The van der Waals surface area contributed by atoms with E-state index in [-0.39, 0.29) is 18.5 Å².